The Bertz CT molecular complexity index is 2320. The Balaban J connectivity index is 1.29. The van der Waals surface area contributed by atoms with Crippen LogP contribution in [0.25, 0.3) is 66.8 Å². The summed E-state index contributed by atoms with van der Waals surface area (Å²) in [6.45, 7) is 6.70. The molecule has 0 saturated heterocycles. The van der Waals surface area contributed by atoms with E-state index >= 15 is 0 Å². The molecule has 46 heavy (non-hydrogen) atoms. The maximum absolute atomic E-state index is 4.80. The number of nitrogens with zero attached hydrogens (tertiary/aromatic N) is 3. The van der Waals surface area contributed by atoms with Crippen molar-refractivity contribution in [3.63, 3.8) is 0 Å². The molecule has 0 radical (unpaired) electrons. The monoisotopic (exact) mass is 593 g/mol. The van der Waals surface area contributed by atoms with Crippen molar-refractivity contribution in [3.05, 3.63) is 163 Å². The summed E-state index contributed by atoms with van der Waals surface area (Å²) in [5.74, 6) is 1.36. The Kier molecular flexibility index (Phi) is 6.88. The van der Waals surface area contributed by atoms with Gasteiger partial charge in [0, 0.05) is 34.4 Å². The van der Waals surface area contributed by atoms with E-state index < -0.39 is 0 Å². The second-order valence-corrected chi connectivity index (χ2v) is 12.4. The molecular weight excluding hydrogens is 558 g/mol. The Morgan fingerprint density at radius 2 is 1.22 bits per heavy atom. The number of benzene rings is 6. The predicted molar refractivity (Wildman–Crippen MR) is 193 cm³/mol. The molecule has 6 aromatic carbocycles. The first-order chi connectivity index (χ1) is 22.6. The van der Waals surface area contributed by atoms with Gasteiger partial charge in [0.2, 0.25) is 0 Å². The van der Waals surface area contributed by atoms with E-state index in [2.05, 4.69) is 176 Å². The average Bonchev–Trinajstić information content (AvgIpc) is 3.71. The molecule has 0 aliphatic rings. The molecule has 0 saturated carbocycles. The zero-order chi connectivity index (χ0) is 31.2. The highest BCUT2D eigenvalue weighted by Crippen LogP contribution is 2.39. The van der Waals surface area contributed by atoms with Crippen LogP contribution in [0.5, 0.6) is 0 Å². The van der Waals surface area contributed by atoms with Gasteiger partial charge >= 0.3 is 0 Å². The molecule has 0 aliphatic heterocycles. The van der Waals surface area contributed by atoms with Crippen LogP contribution in [0.15, 0.2) is 152 Å². The van der Waals surface area contributed by atoms with Crippen molar-refractivity contribution in [1.29, 1.82) is 0 Å². The van der Waals surface area contributed by atoms with Crippen molar-refractivity contribution in [2.45, 2.75) is 26.7 Å². The lowest BCUT2D eigenvalue weighted by molar-refractivity contribution is 0.847. The van der Waals surface area contributed by atoms with Crippen LogP contribution < -0.4 is 0 Å². The van der Waals surface area contributed by atoms with Crippen molar-refractivity contribution in [2.75, 3.05) is 0 Å². The number of hydrogen-bond donors (Lipinski definition) is 0. The number of aryl methyl sites for hydroxylation is 1. The molecule has 0 N–H and O–H groups in total. The zero-order valence-electron chi connectivity index (χ0n) is 26.4. The predicted octanol–water partition coefficient (Wildman–Crippen LogP) is 11.4. The third kappa shape index (κ3) is 4.72. The fraction of sp³-hybridized carbons (Fsp3) is 0.0930. The van der Waals surface area contributed by atoms with E-state index in [1.54, 1.807) is 0 Å². The van der Waals surface area contributed by atoms with Crippen molar-refractivity contribution in [1.82, 2.24) is 14.1 Å². The molecule has 3 nitrogen and oxygen atoms in total. The van der Waals surface area contributed by atoms with Crippen LogP contribution in [0.4, 0.5) is 0 Å². The van der Waals surface area contributed by atoms with Crippen molar-refractivity contribution in [3.8, 4) is 45.0 Å². The number of imidazole rings is 1. The third-order valence-corrected chi connectivity index (χ3v) is 9.15. The van der Waals surface area contributed by atoms with Crippen LogP contribution in [-0.4, -0.2) is 14.1 Å². The maximum atomic E-state index is 4.80. The highest BCUT2D eigenvalue weighted by molar-refractivity contribution is 6.12. The van der Waals surface area contributed by atoms with Gasteiger partial charge in [0.25, 0.3) is 0 Å². The van der Waals surface area contributed by atoms with Gasteiger partial charge in [0.1, 0.15) is 5.82 Å². The zero-order valence-corrected chi connectivity index (χ0v) is 26.4. The van der Waals surface area contributed by atoms with Gasteiger partial charge in [-0.25, -0.2) is 4.98 Å². The molecule has 3 heteroatoms. The topological polar surface area (TPSA) is 22.8 Å². The number of fused-ring (bicyclic) bond motifs is 3. The minimum Gasteiger partial charge on any atom is -0.309 e. The largest absolute Gasteiger partial charge is 0.309 e. The second kappa shape index (κ2) is 11.4. The molecule has 2 heterocycles. The van der Waals surface area contributed by atoms with Crippen LogP contribution in [0.2, 0.25) is 0 Å². The molecule has 8 rings (SSSR count). The highest BCUT2D eigenvalue weighted by atomic mass is 15.1. The molecule has 0 bridgehead atoms. The fourth-order valence-corrected chi connectivity index (χ4v) is 6.85. The Morgan fingerprint density at radius 3 is 1.96 bits per heavy atom. The summed E-state index contributed by atoms with van der Waals surface area (Å²) in [6.07, 6.45) is 3.96. The van der Waals surface area contributed by atoms with Crippen molar-refractivity contribution in [2.24, 2.45) is 0 Å². The number of hydrogen-bond acceptors (Lipinski definition) is 1. The van der Waals surface area contributed by atoms with Gasteiger partial charge < -0.3 is 4.57 Å². The van der Waals surface area contributed by atoms with Gasteiger partial charge in [0.15, 0.2) is 0 Å². The van der Waals surface area contributed by atoms with Crippen LogP contribution >= 0.6 is 0 Å². The van der Waals surface area contributed by atoms with Crippen molar-refractivity contribution >= 4 is 21.8 Å². The summed E-state index contributed by atoms with van der Waals surface area (Å²) in [5, 5.41) is 2.50. The maximum Gasteiger partial charge on any atom is 0.144 e. The quantitative estimate of drug-likeness (QED) is 0.188. The molecule has 8 aromatic rings. The summed E-state index contributed by atoms with van der Waals surface area (Å²) in [7, 11) is 0. The van der Waals surface area contributed by atoms with Crippen LogP contribution in [0.1, 0.15) is 30.9 Å². The number of aromatic nitrogens is 3. The third-order valence-electron chi connectivity index (χ3n) is 9.15. The summed E-state index contributed by atoms with van der Waals surface area (Å²) < 4.78 is 4.62. The highest BCUT2D eigenvalue weighted by Gasteiger charge is 2.17. The lowest BCUT2D eigenvalue weighted by Gasteiger charge is -2.16. The molecule has 0 unspecified atom stereocenters. The summed E-state index contributed by atoms with van der Waals surface area (Å²) in [5.41, 5.74) is 13.3. The fourth-order valence-electron chi connectivity index (χ4n) is 6.85. The molecule has 0 atom stereocenters. The first-order valence-electron chi connectivity index (χ1n) is 16.0. The number of rotatable bonds is 6. The minimum absolute atomic E-state index is 0.414. The normalized spacial score (nSPS) is 11.6. The van der Waals surface area contributed by atoms with Gasteiger partial charge in [-0.15, -0.1) is 0 Å². The molecule has 222 valence electrons. The molecule has 0 amide bonds. The standard InChI is InChI=1S/C43H35N3/c1-29(2)36-16-10-11-17-40(36)45-25-24-44-43(45)33-18-21-35(22-19-33)46-41-23-20-34(31-12-6-4-7-13-31)27-38(41)39-28-37(30(3)26-42(39)46)32-14-8-5-9-15-32/h4-29H,1-3H3. The summed E-state index contributed by atoms with van der Waals surface area (Å²) >= 11 is 0. The first-order valence-corrected chi connectivity index (χ1v) is 16.0. The molecule has 0 spiro atoms. The van der Waals surface area contributed by atoms with Gasteiger partial charge in [-0.1, -0.05) is 98.8 Å². The van der Waals surface area contributed by atoms with Gasteiger partial charge in [-0.05, 0) is 101 Å². The second-order valence-electron chi connectivity index (χ2n) is 12.4. The van der Waals surface area contributed by atoms with E-state index in [0.29, 0.717) is 5.92 Å². The minimum atomic E-state index is 0.414. The molecular formula is C43H35N3. The van der Waals surface area contributed by atoms with Crippen molar-refractivity contribution < 1.29 is 0 Å². The molecule has 0 aliphatic carbocycles. The van der Waals surface area contributed by atoms with E-state index in [1.807, 2.05) is 6.20 Å². The van der Waals surface area contributed by atoms with E-state index in [9.17, 15) is 0 Å². The van der Waals surface area contributed by atoms with E-state index in [0.717, 1.165) is 17.1 Å². The lowest BCUT2D eigenvalue weighted by atomic mass is 9.97. The average molecular weight is 594 g/mol. The van der Waals surface area contributed by atoms with Gasteiger partial charge in [0.05, 0.1) is 16.7 Å². The van der Waals surface area contributed by atoms with Crippen LogP contribution in [0, 0.1) is 6.92 Å². The summed E-state index contributed by atoms with van der Waals surface area (Å²) in [4.78, 5) is 4.80. The summed E-state index contributed by atoms with van der Waals surface area (Å²) in [6, 6.07) is 50.4. The number of para-hydroxylation sites is 1. The Morgan fingerprint density at radius 1 is 0.565 bits per heavy atom. The van der Waals surface area contributed by atoms with Crippen LogP contribution in [0.3, 0.4) is 0 Å². The van der Waals surface area contributed by atoms with Crippen LogP contribution in [-0.2, 0) is 0 Å². The Hall–Kier alpha value is -5.67. The Labute approximate surface area is 270 Å². The molecule has 2 aromatic heterocycles. The smallest absolute Gasteiger partial charge is 0.144 e. The van der Waals surface area contributed by atoms with Gasteiger partial charge in [-0.2, -0.15) is 0 Å². The first kappa shape index (κ1) is 27.8. The van der Waals surface area contributed by atoms with Gasteiger partial charge in [-0.3, -0.25) is 4.57 Å². The lowest BCUT2D eigenvalue weighted by Crippen LogP contribution is -2.02. The molecule has 0 fully saturated rings. The van der Waals surface area contributed by atoms with E-state index in [1.165, 1.54) is 60.9 Å². The SMILES string of the molecule is Cc1cc2c(cc1-c1ccccc1)c1cc(-c3ccccc3)ccc1n2-c1ccc(-c2nccn2-c2ccccc2C(C)C)cc1. The van der Waals surface area contributed by atoms with E-state index in [-0.39, 0.29) is 0 Å². The van der Waals surface area contributed by atoms with E-state index in [4.69, 9.17) is 4.98 Å².